The number of benzene rings is 3. The highest BCUT2D eigenvalue weighted by atomic mass is 35.5. The summed E-state index contributed by atoms with van der Waals surface area (Å²) in [5.41, 5.74) is 8.08. The van der Waals surface area contributed by atoms with E-state index in [-0.39, 0.29) is 17.4 Å². The Hall–Kier alpha value is -2.51. The second-order valence-corrected chi connectivity index (χ2v) is 7.85. The molecule has 3 rings (SSSR count). The molecule has 3 aromatic rings. The van der Waals surface area contributed by atoms with Gasteiger partial charge in [0.05, 0.1) is 22.2 Å². The van der Waals surface area contributed by atoms with Crippen LogP contribution < -0.4 is 21.5 Å². The quantitative estimate of drug-likeness (QED) is 0.269. The summed E-state index contributed by atoms with van der Waals surface area (Å²) >= 11 is 23.5. The van der Waals surface area contributed by atoms with Crippen molar-refractivity contribution >= 4 is 75.1 Å². The van der Waals surface area contributed by atoms with Gasteiger partial charge in [-0.15, -0.1) is 0 Å². The summed E-state index contributed by atoms with van der Waals surface area (Å²) in [6.45, 7) is 0. The Morgan fingerprint density at radius 2 is 1.50 bits per heavy atom. The van der Waals surface area contributed by atoms with Gasteiger partial charge in [0.25, 0.3) is 0 Å². The van der Waals surface area contributed by atoms with Gasteiger partial charge < -0.3 is 10.6 Å². The van der Waals surface area contributed by atoms with Crippen molar-refractivity contribution in [2.45, 2.75) is 6.42 Å². The highest BCUT2D eigenvalue weighted by Gasteiger charge is 2.11. The van der Waals surface area contributed by atoms with Crippen LogP contribution in [0.2, 0.25) is 15.1 Å². The van der Waals surface area contributed by atoms with E-state index in [1.54, 1.807) is 42.5 Å². The van der Waals surface area contributed by atoms with Crippen LogP contribution >= 0.6 is 47.0 Å². The summed E-state index contributed by atoms with van der Waals surface area (Å²) in [7, 11) is 0. The average molecular weight is 480 g/mol. The summed E-state index contributed by atoms with van der Waals surface area (Å²) in [5.74, 6) is -0.269. The number of hydrogen-bond acceptors (Lipinski definition) is 3. The summed E-state index contributed by atoms with van der Waals surface area (Å²) in [5, 5.41) is 8.00. The maximum atomic E-state index is 12.4. The Morgan fingerprint density at radius 3 is 2.20 bits per heavy atom. The highest BCUT2D eigenvalue weighted by Crippen LogP contribution is 2.33. The van der Waals surface area contributed by atoms with Crippen molar-refractivity contribution < 1.29 is 4.79 Å². The van der Waals surface area contributed by atoms with E-state index < -0.39 is 0 Å². The number of amides is 1. The third kappa shape index (κ3) is 6.24. The Bertz CT molecular complexity index is 1040. The van der Waals surface area contributed by atoms with Crippen molar-refractivity contribution in [2.24, 2.45) is 0 Å². The first-order valence-electron chi connectivity index (χ1n) is 8.83. The minimum atomic E-state index is -0.269. The van der Waals surface area contributed by atoms with Crippen LogP contribution in [0.4, 0.5) is 17.1 Å². The number of nitrogens with one attached hydrogen (secondary N) is 4. The standard InChI is InChI=1S/C21H17Cl3N4OS/c22-14-8-10-15(11-9-14)25-21(30)28-27-19(29)12-13-4-1-2-7-18(13)26-20-16(23)5-3-6-17(20)24/h1-11,26H,12H2,(H,27,29)(H2,25,28,30). The van der Waals surface area contributed by atoms with E-state index in [0.29, 0.717) is 20.8 Å². The van der Waals surface area contributed by atoms with E-state index in [1.807, 2.05) is 24.3 Å². The minimum absolute atomic E-state index is 0.113. The van der Waals surface area contributed by atoms with Gasteiger partial charge in [-0.2, -0.15) is 0 Å². The lowest BCUT2D eigenvalue weighted by Gasteiger charge is -2.15. The molecule has 0 saturated heterocycles. The number of carbonyl (C=O) groups excluding carboxylic acids is 1. The Morgan fingerprint density at radius 1 is 0.833 bits per heavy atom. The summed E-state index contributed by atoms with van der Waals surface area (Å²) in [6, 6.07) is 19.7. The maximum absolute atomic E-state index is 12.4. The third-order valence-electron chi connectivity index (χ3n) is 4.01. The van der Waals surface area contributed by atoms with Gasteiger partial charge in [0.1, 0.15) is 0 Å². The van der Waals surface area contributed by atoms with Crippen molar-refractivity contribution in [1.82, 2.24) is 10.9 Å². The van der Waals surface area contributed by atoms with E-state index in [9.17, 15) is 4.79 Å². The SMILES string of the molecule is O=C(Cc1ccccc1Nc1c(Cl)cccc1Cl)NNC(=S)Nc1ccc(Cl)cc1. The lowest BCUT2D eigenvalue weighted by atomic mass is 10.1. The first kappa shape index (κ1) is 22.2. The lowest BCUT2D eigenvalue weighted by Crippen LogP contribution is -2.44. The van der Waals surface area contributed by atoms with E-state index in [4.69, 9.17) is 47.0 Å². The number of para-hydroxylation sites is 2. The number of rotatable bonds is 5. The predicted octanol–water partition coefficient (Wildman–Crippen LogP) is 5.95. The average Bonchev–Trinajstić information content (AvgIpc) is 2.72. The molecule has 9 heteroatoms. The second-order valence-electron chi connectivity index (χ2n) is 6.19. The zero-order chi connectivity index (χ0) is 21.5. The molecule has 0 bridgehead atoms. The molecule has 0 atom stereocenters. The minimum Gasteiger partial charge on any atom is -0.353 e. The largest absolute Gasteiger partial charge is 0.353 e. The van der Waals surface area contributed by atoms with Crippen LogP contribution in [0.3, 0.4) is 0 Å². The molecule has 0 fully saturated rings. The molecule has 0 aliphatic rings. The molecule has 5 nitrogen and oxygen atoms in total. The first-order valence-corrected chi connectivity index (χ1v) is 10.4. The van der Waals surface area contributed by atoms with Gasteiger partial charge in [-0.3, -0.25) is 15.6 Å². The molecule has 0 aromatic heterocycles. The lowest BCUT2D eigenvalue weighted by molar-refractivity contribution is -0.120. The van der Waals surface area contributed by atoms with Crippen molar-refractivity contribution in [2.75, 3.05) is 10.6 Å². The van der Waals surface area contributed by atoms with Crippen LogP contribution in [0, 0.1) is 0 Å². The zero-order valence-electron chi connectivity index (χ0n) is 15.5. The van der Waals surface area contributed by atoms with E-state index in [1.165, 1.54) is 0 Å². The molecular formula is C21H17Cl3N4OS. The topological polar surface area (TPSA) is 65.2 Å². The number of thiocarbonyl (C=S) groups is 1. The van der Waals surface area contributed by atoms with Crippen LogP contribution in [-0.2, 0) is 11.2 Å². The van der Waals surface area contributed by atoms with E-state index >= 15 is 0 Å². The van der Waals surface area contributed by atoms with Crippen molar-refractivity contribution in [3.8, 4) is 0 Å². The van der Waals surface area contributed by atoms with Crippen molar-refractivity contribution in [3.63, 3.8) is 0 Å². The molecule has 0 radical (unpaired) electrons. The molecule has 0 saturated carbocycles. The fourth-order valence-corrected chi connectivity index (χ4v) is 3.37. The van der Waals surface area contributed by atoms with E-state index in [2.05, 4.69) is 21.5 Å². The van der Waals surface area contributed by atoms with Gasteiger partial charge >= 0.3 is 0 Å². The number of carbonyl (C=O) groups is 1. The molecule has 154 valence electrons. The van der Waals surface area contributed by atoms with E-state index in [0.717, 1.165) is 16.9 Å². The van der Waals surface area contributed by atoms with Gasteiger partial charge in [0.15, 0.2) is 5.11 Å². The molecule has 0 aliphatic carbocycles. The Labute approximate surface area is 194 Å². The smallest absolute Gasteiger partial charge is 0.242 e. The predicted molar refractivity (Wildman–Crippen MR) is 129 cm³/mol. The highest BCUT2D eigenvalue weighted by molar-refractivity contribution is 7.80. The number of halogens is 3. The molecule has 0 spiro atoms. The molecule has 0 unspecified atom stereocenters. The molecule has 30 heavy (non-hydrogen) atoms. The van der Waals surface area contributed by atoms with Gasteiger partial charge in [-0.1, -0.05) is 59.1 Å². The summed E-state index contributed by atoms with van der Waals surface area (Å²) in [4.78, 5) is 12.4. The molecular weight excluding hydrogens is 463 g/mol. The molecule has 1 amide bonds. The van der Waals surface area contributed by atoms with Gasteiger partial charge in [-0.25, -0.2) is 0 Å². The van der Waals surface area contributed by atoms with Crippen LogP contribution in [0.1, 0.15) is 5.56 Å². The normalized spacial score (nSPS) is 10.2. The fraction of sp³-hybridized carbons (Fsp3) is 0.0476. The third-order valence-corrected chi connectivity index (χ3v) is 5.09. The number of hydrazine groups is 1. The van der Waals surface area contributed by atoms with Gasteiger partial charge in [0, 0.05) is 16.4 Å². The molecule has 3 aromatic carbocycles. The second kappa shape index (κ2) is 10.5. The summed E-state index contributed by atoms with van der Waals surface area (Å²) < 4.78 is 0. The zero-order valence-corrected chi connectivity index (χ0v) is 18.6. The number of anilines is 3. The van der Waals surface area contributed by atoms with Gasteiger partial charge in [0.2, 0.25) is 5.91 Å². The summed E-state index contributed by atoms with van der Waals surface area (Å²) in [6.07, 6.45) is 0.113. The van der Waals surface area contributed by atoms with Crippen LogP contribution in [0.5, 0.6) is 0 Å². The molecule has 0 aliphatic heterocycles. The van der Waals surface area contributed by atoms with Crippen LogP contribution in [0.15, 0.2) is 66.7 Å². The van der Waals surface area contributed by atoms with Crippen LogP contribution in [-0.4, -0.2) is 11.0 Å². The van der Waals surface area contributed by atoms with Crippen molar-refractivity contribution in [1.29, 1.82) is 0 Å². The maximum Gasteiger partial charge on any atom is 0.242 e. The van der Waals surface area contributed by atoms with Gasteiger partial charge in [-0.05, 0) is 60.2 Å². The first-order chi connectivity index (χ1) is 14.4. The van der Waals surface area contributed by atoms with Crippen LogP contribution in [0.25, 0.3) is 0 Å². The molecule has 0 heterocycles. The molecule has 4 N–H and O–H groups in total. The van der Waals surface area contributed by atoms with Crippen molar-refractivity contribution in [3.05, 3.63) is 87.4 Å². The Balaban J connectivity index is 1.59. The number of hydrogen-bond donors (Lipinski definition) is 4. The monoisotopic (exact) mass is 478 g/mol. The fourth-order valence-electron chi connectivity index (χ4n) is 2.59. The Kier molecular flexibility index (Phi) is 7.76.